The van der Waals surface area contributed by atoms with Crippen molar-refractivity contribution in [2.75, 3.05) is 4.90 Å². The number of benzene rings is 10. The van der Waals surface area contributed by atoms with Crippen LogP contribution in [0.3, 0.4) is 0 Å². The Labute approximate surface area is 345 Å². The van der Waals surface area contributed by atoms with Gasteiger partial charge >= 0.3 is 0 Å². The summed E-state index contributed by atoms with van der Waals surface area (Å²) in [7, 11) is 0. The minimum absolute atomic E-state index is 0.857. The third kappa shape index (κ3) is 5.62. The average Bonchev–Trinajstić information content (AvgIpc) is 3.88. The highest BCUT2D eigenvalue weighted by Crippen LogP contribution is 2.45. The van der Waals surface area contributed by atoms with E-state index < -0.39 is 0 Å². The van der Waals surface area contributed by atoms with E-state index in [1.165, 1.54) is 64.0 Å². The van der Waals surface area contributed by atoms with Gasteiger partial charge in [-0.15, -0.1) is 11.3 Å². The Bertz CT molecular complexity index is 3540. The summed E-state index contributed by atoms with van der Waals surface area (Å²) in [6, 6.07) is 76.8. The van der Waals surface area contributed by atoms with Gasteiger partial charge in [-0.3, -0.25) is 0 Å². The van der Waals surface area contributed by atoms with Crippen molar-refractivity contribution >= 4 is 92.1 Å². The second-order valence-corrected chi connectivity index (χ2v) is 16.3. The van der Waals surface area contributed by atoms with E-state index in [0.717, 1.165) is 50.1 Å². The van der Waals surface area contributed by atoms with E-state index in [9.17, 15) is 0 Å². The fourth-order valence-electron chi connectivity index (χ4n) is 8.96. The molecular formula is C56H35NOS. The molecular weight excluding hydrogens is 735 g/mol. The third-order valence-corrected chi connectivity index (χ3v) is 13.0. The molecule has 0 aliphatic heterocycles. The zero-order chi connectivity index (χ0) is 38.9. The number of nitrogens with zero attached hydrogens (tertiary/aromatic N) is 1. The summed E-state index contributed by atoms with van der Waals surface area (Å²) in [5, 5.41) is 9.87. The zero-order valence-corrected chi connectivity index (χ0v) is 32.8. The lowest BCUT2D eigenvalue weighted by molar-refractivity contribution is 0.670. The van der Waals surface area contributed by atoms with Gasteiger partial charge in [0.25, 0.3) is 0 Å². The van der Waals surface area contributed by atoms with Crippen LogP contribution in [-0.2, 0) is 0 Å². The minimum Gasteiger partial charge on any atom is -0.453 e. The number of hydrogen-bond acceptors (Lipinski definition) is 3. The Hall–Kier alpha value is -7.46. The van der Waals surface area contributed by atoms with E-state index in [0.29, 0.717) is 0 Å². The molecule has 0 saturated carbocycles. The number of para-hydroxylation sites is 2. The number of thiophene rings is 1. The van der Waals surface area contributed by atoms with Crippen LogP contribution in [0, 0.1) is 0 Å². The van der Waals surface area contributed by atoms with Gasteiger partial charge in [-0.05, 0) is 104 Å². The number of hydrogen-bond donors (Lipinski definition) is 0. The van der Waals surface area contributed by atoms with Crippen LogP contribution in [0.1, 0.15) is 0 Å². The summed E-state index contributed by atoms with van der Waals surface area (Å²) in [6.07, 6.45) is 0. The average molecular weight is 770 g/mol. The van der Waals surface area contributed by atoms with Crippen molar-refractivity contribution in [2.24, 2.45) is 0 Å². The Kier molecular flexibility index (Phi) is 7.75. The molecule has 0 spiro atoms. The van der Waals surface area contributed by atoms with E-state index in [2.05, 4.69) is 217 Å². The minimum atomic E-state index is 0.857. The maximum atomic E-state index is 6.98. The maximum Gasteiger partial charge on any atom is 0.159 e. The lowest BCUT2D eigenvalue weighted by atomic mass is 9.97. The normalized spacial score (nSPS) is 11.7. The molecule has 0 amide bonds. The molecule has 12 aromatic rings. The maximum absolute atomic E-state index is 6.98. The van der Waals surface area contributed by atoms with E-state index in [1.54, 1.807) is 0 Å². The number of rotatable bonds is 6. The van der Waals surface area contributed by atoms with Crippen molar-refractivity contribution < 1.29 is 4.42 Å². The molecule has 0 fully saturated rings. The topological polar surface area (TPSA) is 16.4 Å². The Morgan fingerprint density at radius 3 is 1.69 bits per heavy atom. The summed E-state index contributed by atoms with van der Waals surface area (Å²) in [5.41, 5.74) is 11.8. The molecule has 2 heterocycles. The van der Waals surface area contributed by atoms with Gasteiger partial charge < -0.3 is 9.32 Å². The molecule has 0 unspecified atom stereocenters. The lowest BCUT2D eigenvalue weighted by Crippen LogP contribution is -2.10. The van der Waals surface area contributed by atoms with Crippen LogP contribution in [0.15, 0.2) is 217 Å². The first kappa shape index (κ1) is 33.7. The van der Waals surface area contributed by atoms with E-state index in [-0.39, 0.29) is 0 Å². The highest BCUT2D eigenvalue weighted by Gasteiger charge is 2.21. The molecule has 10 aromatic carbocycles. The largest absolute Gasteiger partial charge is 0.453 e. The fourth-order valence-corrected chi connectivity index (χ4v) is 10.0. The van der Waals surface area contributed by atoms with E-state index in [4.69, 9.17) is 4.42 Å². The van der Waals surface area contributed by atoms with Crippen molar-refractivity contribution in [2.45, 2.75) is 0 Å². The van der Waals surface area contributed by atoms with Gasteiger partial charge in [0, 0.05) is 47.9 Å². The Morgan fingerprint density at radius 1 is 0.322 bits per heavy atom. The van der Waals surface area contributed by atoms with Crippen LogP contribution >= 0.6 is 11.3 Å². The molecule has 12 rings (SSSR count). The SMILES string of the molecule is c1ccc(-c2cccc3c2oc2c(N(c4ccc(-c5ccc6c(ccc7ccccc76)c5)cc4)c4ccc(-c5ccc6sc7ccccc7c6c5)cc4)cccc23)cc1. The highest BCUT2D eigenvalue weighted by atomic mass is 32.1. The summed E-state index contributed by atoms with van der Waals surface area (Å²) < 4.78 is 9.61. The van der Waals surface area contributed by atoms with Crippen molar-refractivity contribution in [1.29, 1.82) is 0 Å². The van der Waals surface area contributed by atoms with Crippen molar-refractivity contribution in [1.82, 2.24) is 0 Å². The van der Waals surface area contributed by atoms with E-state index in [1.807, 2.05) is 11.3 Å². The molecule has 276 valence electrons. The second kappa shape index (κ2) is 13.6. The van der Waals surface area contributed by atoms with Crippen LogP contribution in [0.2, 0.25) is 0 Å². The summed E-state index contributed by atoms with van der Waals surface area (Å²) in [5.74, 6) is 0. The van der Waals surface area contributed by atoms with Crippen molar-refractivity contribution in [3.8, 4) is 33.4 Å². The summed E-state index contributed by atoms with van der Waals surface area (Å²) in [4.78, 5) is 2.34. The molecule has 0 atom stereocenters. The molecule has 0 radical (unpaired) electrons. The van der Waals surface area contributed by atoms with Gasteiger partial charge in [0.15, 0.2) is 5.58 Å². The van der Waals surface area contributed by atoms with Gasteiger partial charge in [0.05, 0.1) is 5.69 Å². The number of anilines is 3. The first-order chi connectivity index (χ1) is 29.2. The molecule has 0 saturated heterocycles. The van der Waals surface area contributed by atoms with Crippen molar-refractivity contribution in [3.05, 3.63) is 212 Å². The van der Waals surface area contributed by atoms with Crippen LogP contribution < -0.4 is 4.90 Å². The third-order valence-electron chi connectivity index (χ3n) is 11.9. The highest BCUT2D eigenvalue weighted by molar-refractivity contribution is 7.25. The number of fused-ring (bicyclic) bond motifs is 9. The zero-order valence-electron chi connectivity index (χ0n) is 32.0. The van der Waals surface area contributed by atoms with Gasteiger partial charge in [-0.1, -0.05) is 158 Å². The van der Waals surface area contributed by atoms with E-state index >= 15 is 0 Å². The predicted octanol–water partition coefficient (Wildman–Crippen LogP) is 16.7. The molecule has 2 aromatic heterocycles. The quantitative estimate of drug-likeness (QED) is 0.157. The van der Waals surface area contributed by atoms with Gasteiger partial charge in [0.1, 0.15) is 5.58 Å². The first-order valence-corrected chi connectivity index (χ1v) is 20.9. The van der Waals surface area contributed by atoms with Crippen LogP contribution in [0.25, 0.3) is 97.0 Å². The first-order valence-electron chi connectivity index (χ1n) is 20.1. The monoisotopic (exact) mass is 769 g/mol. The Balaban J connectivity index is 0.988. The lowest BCUT2D eigenvalue weighted by Gasteiger charge is -2.26. The van der Waals surface area contributed by atoms with Crippen LogP contribution in [0.5, 0.6) is 0 Å². The molecule has 0 N–H and O–H groups in total. The smallest absolute Gasteiger partial charge is 0.159 e. The molecule has 0 aliphatic carbocycles. The predicted molar refractivity (Wildman–Crippen MR) is 253 cm³/mol. The summed E-state index contributed by atoms with van der Waals surface area (Å²) >= 11 is 1.85. The molecule has 2 nitrogen and oxygen atoms in total. The van der Waals surface area contributed by atoms with Gasteiger partial charge in [-0.25, -0.2) is 0 Å². The standard InChI is InChI=1S/C56H35NOS/c1-2-10-38(11-3-1)47-15-8-16-49-50-17-9-18-52(56(50)58-55(47)49)57(44-30-24-37(25-31-44)41-27-33-54-51(35-41)48-14-6-7-19-53(48)59-54)43-28-22-36(23-29-43)40-26-32-46-42(34-40)21-20-39-12-4-5-13-45(39)46/h1-35H. The molecule has 0 bridgehead atoms. The molecule has 0 aliphatic rings. The van der Waals surface area contributed by atoms with Gasteiger partial charge in [0.2, 0.25) is 0 Å². The fraction of sp³-hybridized carbons (Fsp3) is 0. The molecule has 3 heteroatoms. The number of furan rings is 1. The summed E-state index contributed by atoms with van der Waals surface area (Å²) in [6.45, 7) is 0. The van der Waals surface area contributed by atoms with Crippen LogP contribution in [-0.4, -0.2) is 0 Å². The second-order valence-electron chi connectivity index (χ2n) is 15.3. The van der Waals surface area contributed by atoms with Crippen LogP contribution in [0.4, 0.5) is 17.1 Å². The van der Waals surface area contributed by atoms with Gasteiger partial charge in [-0.2, -0.15) is 0 Å². The molecule has 59 heavy (non-hydrogen) atoms. The van der Waals surface area contributed by atoms with Crippen molar-refractivity contribution in [3.63, 3.8) is 0 Å². The Morgan fingerprint density at radius 2 is 0.898 bits per heavy atom.